The maximum atomic E-state index is 3.92. The number of rotatable bonds is 4. The highest BCUT2D eigenvalue weighted by Gasteiger charge is 2.35. The van der Waals surface area contributed by atoms with Gasteiger partial charge in [0.25, 0.3) is 0 Å². The van der Waals surface area contributed by atoms with Crippen LogP contribution in [0.3, 0.4) is 0 Å². The fraction of sp³-hybridized carbons (Fsp3) is 1.00. The smallest absolute Gasteiger partial charge is 0.0198 e. The molecule has 1 N–H and O–H groups in total. The normalized spacial score (nSPS) is 40.5. The summed E-state index contributed by atoms with van der Waals surface area (Å²) in [5.41, 5.74) is 0. The molecule has 2 atom stereocenters. The summed E-state index contributed by atoms with van der Waals surface area (Å²) in [4.78, 5) is 2.80. The zero-order valence-electron chi connectivity index (χ0n) is 13.6. The van der Waals surface area contributed by atoms with Crippen LogP contribution in [0.1, 0.15) is 65.2 Å². The molecule has 116 valence electrons. The molecular weight excluding hydrogens is 244 g/mol. The second-order valence-corrected chi connectivity index (χ2v) is 8.13. The summed E-state index contributed by atoms with van der Waals surface area (Å²) in [6.45, 7) is 8.80. The van der Waals surface area contributed by atoms with Crippen molar-refractivity contribution in [2.24, 2.45) is 17.8 Å². The Hall–Kier alpha value is -0.0800. The van der Waals surface area contributed by atoms with Crippen LogP contribution in [0.4, 0.5) is 0 Å². The van der Waals surface area contributed by atoms with Crippen molar-refractivity contribution in [3.05, 3.63) is 0 Å². The van der Waals surface area contributed by atoms with E-state index in [4.69, 9.17) is 0 Å². The molecule has 1 aliphatic heterocycles. The van der Waals surface area contributed by atoms with Crippen LogP contribution in [0.2, 0.25) is 0 Å². The van der Waals surface area contributed by atoms with Crippen LogP contribution >= 0.6 is 0 Å². The van der Waals surface area contributed by atoms with Gasteiger partial charge in [0.15, 0.2) is 0 Å². The second-order valence-electron chi connectivity index (χ2n) is 8.13. The van der Waals surface area contributed by atoms with Crippen molar-refractivity contribution in [1.29, 1.82) is 0 Å². The highest BCUT2D eigenvalue weighted by atomic mass is 15.2. The number of piperidine rings is 1. The Labute approximate surface area is 125 Å². The average Bonchev–Trinajstić information content (AvgIpc) is 2.42. The number of hydrogen-bond donors (Lipinski definition) is 1. The van der Waals surface area contributed by atoms with Gasteiger partial charge in [-0.3, -0.25) is 4.90 Å². The maximum absolute atomic E-state index is 3.92. The summed E-state index contributed by atoms with van der Waals surface area (Å²) in [7, 11) is 0. The van der Waals surface area contributed by atoms with Gasteiger partial charge in [0.05, 0.1) is 0 Å². The van der Waals surface area contributed by atoms with E-state index < -0.39 is 0 Å². The largest absolute Gasteiger partial charge is 0.312 e. The molecule has 0 aromatic heterocycles. The number of hydrogen-bond acceptors (Lipinski definition) is 2. The highest BCUT2D eigenvalue weighted by Crippen LogP contribution is 2.33. The van der Waals surface area contributed by atoms with Gasteiger partial charge in [0.2, 0.25) is 0 Å². The molecule has 2 nitrogen and oxygen atoms in total. The lowest BCUT2D eigenvalue weighted by Crippen LogP contribution is -2.55. The molecule has 3 rings (SSSR count). The molecule has 2 saturated carbocycles. The molecule has 2 aliphatic carbocycles. The quantitative estimate of drug-likeness (QED) is 0.844. The van der Waals surface area contributed by atoms with E-state index in [1.54, 1.807) is 0 Å². The number of nitrogens with zero attached hydrogens (tertiary/aromatic N) is 1. The van der Waals surface area contributed by atoms with Gasteiger partial charge in [-0.1, -0.05) is 33.1 Å². The summed E-state index contributed by atoms with van der Waals surface area (Å²) >= 11 is 0. The zero-order valence-corrected chi connectivity index (χ0v) is 13.6. The molecule has 0 bridgehead atoms. The molecule has 3 fully saturated rings. The minimum absolute atomic E-state index is 0.761. The molecular formula is C18H34N2. The van der Waals surface area contributed by atoms with Crippen LogP contribution < -0.4 is 5.32 Å². The lowest BCUT2D eigenvalue weighted by atomic mass is 9.79. The highest BCUT2D eigenvalue weighted by molar-refractivity contribution is 4.91. The Bertz CT molecular complexity index is 292. The Balaban J connectivity index is 1.43. The fourth-order valence-electron chi connectivity index (χ4n) is 4.72. The summed E-state index contributed by atoms with van der Waals surface area (Å²) < 4.78 is 0. The Morgan fingerprint density at radius 1 is 0.900 bits per heavy atom. The van der Waals surface area contributed by atoms with E-state index in [0.29, 0.717) is 0 Å². The van der Waals surface area contributed by atoms with Crippen LogP contribution in [0.25, 0.3) is 0 Å². The van der Waals surface area contributed by atoms with E-state index in [9.17, 15) is 0 Å². The van der Waals surface area contributed by atoms with E-state index in [0.717, 1.165) is 29.8 Å². The Morgan fingerprint density at radius 2 is 1.65 bits per heavy atom. The van der Waals surface area contributed by atoms with E-state index in [-0.39, 0.29) is 0 Å². The fourth-order valence-corrected chi connectivity index (χ4v) is 4.72. The molecule has 2 heteroatoms. The van der Waals surface area contributed by atoms with Crippen molar-refractivity contribution in [3.63, 3.8) is 0 Å². The first-order chi connectivity index (χ1) is 9.70. The molecule has 0 aromatic carbocycles. The molecule has 1 heterocycles. The van der Waals surface area contributed by atoms with Crippen molar-refractivity contribution < 1.29 is 0 Å². The predicted octanol–water partition coefficient (Wildman–Crippen LogP) is 3.67. The lowest BCUT2D eigenvalue weighted by Gasteiger charge is -2.47. The number of likely N-dealkylation sites (tertiary alicyclic amines) is 1. The molecule has 0 aromatic rings. The van der Waals surface area contributed by atoms with Crippen LogP contribution in [0, 0.1) is 17.8 Å². The molecule has 0 radical (unpaired) electrons. The molecule has 3 aliphatic rings. The summed E-state index contributed by atoms with van der Waals surface area (Å²) in [5, 5.41) is 3.92. The van der Waals surface area contributed by atoms with Gasteiger partial charge in [0.1, 0.15) is 0 Å². The van der Waals surface area contributed by atoms with Gasteiger partial charge in [-0.15, -0.1) is 0 Å². The van der Waals surface area contributed by atoms with Crippen molar-refractivity contribution in [2.45, 2.75) is 77.3 Å². The molecule has 0 amide bonds. The van der Waals surface area contributed by atoms with E-state index in [2.05, 4.69) is 24.1 Å². The zero-order chi connectivity index (χ0) is 13.9. The SMILES string of the molecule is CC1CC(N2CC(C)CC(NCC3CCCCC3)C2)C1. The van der Waals surface area contributed by atoms with Gasteiger partial charge in [-0.2, -0.15) is 0 Å². The maximum Gasteiger partial charge on any atom is 0.0198 e. The first-order valence-electron chi connectivity index (χ1n) is 9.18. The number of nitrogens with one attached hydrogen (secondary N) is 1. The second kappa shape index (κ2) is 6.79. The summed E-state index contributed by atoms with van der Waals surface area (Å²) in [6, 6.07) is 1.67. The van der Waals surface area contributed by atoms with Crippen molar-refractivity contribution >= 4 is 0 Å². The molecule has 0 spiro atoms. The minimum atomic E-state index is 0.761. The van der Waals surface area contributed by atoms with Gasteiger partial charge >= 0.3 is 0 Å². The van der Waals surface area contributed by atoms with Gasteiger partial charge in [-0.25, -0.2) is 0 Å². The van der Waals surface area contributed by atoms with Gasteiger partial charge in [0, 0.05) is 25.2 Å². The predicted molar refractivity (Wildman–Crippen MR) is 85.9 cm³/mol. The van der Waals surface area contributed by atoms with Crippen LogP contribution in [0.5, 0.6) is 0 Å². The first-order valence-corrected chi connectivity index (χ1v) is 9.18. The topological polar surface area (TPSA) is 15.3 Å². The Kier molecular flexibility index (Phi) is 5.04. The first kappa shape index (κ1) is 14.8. The molecule has 2 unspecified atom stereocenters. The standard InChI is InChI=1S/C18H34N2/c1-14-9-18(10-14)20-12-15(2)8-17(13-20)19-11-16-6-4-3-5-7-16/h14-19H,3-13H2,1-2H3. The van der Waals surface area contributed by atoms with Crippen molar-refractivity contribution in [1.82, 2.24) is 10.2 Å². The van der Waals surface area contributed by atoms with E-state index in [1.807, 2.05) is 0 Å². The van der Waals surface area contributed by atoms with Crippen LogP contribution in [0.15, 0.2) is 0 Å². The minimum Gasteiger partial charge on any atom is -0.312 e. The average molecular weight is 278 g/mol. The van der Waals surface area contributed by atoms with Crippen molar-refractivity contribution in [3.8, 4) is 0 Å². The Morgan fingerprint density at radius 3 is 2.35 bits per heavy atom. The third-order valence-corrected chi connectivity index (χ3v) is 5.97. The van der Waals surface area contributed by atoms with Crippen molar-refractivity contribution in [2.75, 3.05) is 19.6 Å². The van der Waals surface area contributed by atoms with E-state index >= 15 is 0 Å². The van der Waals surface area contributed by atoms with E-state index in [1.165, 1.54) is 71.0 Å². The molecule has 1 saturated heterocycles. The summed E-state index contributed by atoms with van der Waals surface area (Å²) in [6.07, 6.45) is 11.7. The van der Waals surface area contributed by atoms with Gasteiger partial charge < -0.3 is 5.32 Å². The monoisotopic (exact) mass is 278 g/mol. The van der Waals surface area contributed by atoms with Crippen LogP contribution in [-0.2, 0) is 0 Å². The third-order valence-electron chi connectivity index (χ3n) is 5.97. The summed E-state index contributed by atoms with van der Waals surface area (Å²) in [5.74, 6) is 2.83. The lowest BCUT2D eigenvalue weighted by molar-refractivity contribution is 0.0366. The van der Waals surface area contributed by atoms with Crippen LogP contribution in [-0.4, -0.2) is 36.6 Å². The van der Waals surface area contributed by atoms with Gasteiger partial charge in [-0.05, 0) is 56.4 Å². The third kappa shape index (κ3) is 3.76. The molecule has 20 heavy (non-hydrogen) atoms.